The predicted octanol–water partition coefficient (Wildman–Crippen LogP) is -1.82. The molecule has 0 aliphatic heterocycles. The maximum absolute atomic E-state index is 9.82. The molecule has 0 aromatic heterocycles. The molecule has 26 heavy (non-hydrogen) atoms. The molecule has 0 rings (SSSR count). The van der Waals surface area contributed by atoms with Crippen LogP contribution in [-0.4, -0.2) is 76.2 Å². The van der Waals surface area contributed by atoms with Crippen LogP contribution in [0.1, 0.15) is 33.6 Å². The average Bonchev–Trinajstić information content (AvgIpc) is 2.37. The SMILES string of the molecule is C=C(C)C(N)=O.C=CC(=O)[O-].CCC[N+](C)(C)C.CCC[N+](C)(C)C.[Cl-]. The molecule has 158 valence electrons. The molecule has 0 fully saturated rings. The second kappa shape index (κ2) is 19.9. The molecule has 0 aromatic rings. The van der Waals surface area contributed by atoms with Crippen LogP contribution in [0.5, 0.6) is 0 Å². The van der Waals surface area contributed by atoms with E-state index in [2.05, 4.69) is 69.3 Å². The molecule has 0 bridgehead atoms. The Kier molecular flexibility index (Phi) is 27.4. The van der Waals surface area contributed by atoms with E-state index in [1.54, 1.807) is 6.92 Å². The van der Waals surface area contributed by atoms with Crippen LogP contribution in [0.15, 0.2) is 24.8 Å². The lowest BCUT2D eigenvalue weighted by Gasteiger charge is -2.22. The Labute approximate surface area is 167 Å². The van der Waals surface area contributed by atoms with Crippen molar-refractivity contribution in [3.63, 3.8) is 0 Å². The normalized spacial score (nSPS) is 9.42. The number of hydrogen-bond acceptors (Lipinski definition) is 3. The Balaban J connectivity index is -0.0000000750. The lowest BCUT2D eigenvalue weighted by molar-refractivity contribution is -0.870. The highest BCUT2D eigenvalue weighted by Crippen LogP contribution is 1.90. The maximum atomic E-state index is 9.82. The molecule has 0 atom stereocenters. The first kappa shape index (κ1) is 35.7. The third-order valence-electron chi connectivity index (χ3n) is 2.38. The van der Waals surface area contributed by atoms with Crippen LogP contribution in [0.4, 0.5) is 0 Å². The largest absolute Gasteiger partial charge is 1.00 e. The van der Waals surface area contributed by atoms with Gasteiger partial charge in [-0.15, -0.1) is 0 Å². The lowest BCUT2D eigenvalue weighted by atomic mass is 10.3. The van der Waals surface area contributed by atoms with E-state index < -0.39 is 11.9 Å². The maximum Gasteiger partial charge on any atom is 0.243 e. The van der Waals surface area contributed by atoms with Gasteiger partial charge in [-0.2, -0.15) is 0 Å². The van der Waals surface area contributed by atoms with E-state index in [9.17, 15) is 4.79 Å². The summed E-state index contributed by atoms with van der Waals surface area (Å²) in [7, 11) is 13.3. The summed E-state index contributed by atoms with van der Waals surface area (Å²) in [5.41, 5.74) is 5.09. The van der Waals surface area contributed by atoms with Gasteiger partial charge in [0.05, 0.1) is 61.3 Å². The number of hydrogen-bond donors (Lipinski definition) is 1. The summed E-state index contributed by atoms with van der Waals surface area (Å²) in [6, 6.07) is 0. The second-order valence-corrected chi connectivity index (χ2v) is 7.70. The van der Waals surface area contributed by atoms with E-state index >= 15 is 0 Å². The molecule has 0 aromatic carbocycles. The summed E-state index contributed by atoms with van der Waals surface area (Å²) >= 11 is 0. The zero-order valence-corrected chi connectivity index (χ0v) is 19.2. The van der Waals surface area contributed by atoms with Crippen molar-refractivity contribution in [1.82, 2.24) is 0 Å². The monoisotopic (exact) mass is 395 g/mol. The highest BCUT2D eigenvalue weighted by molar-refractivity contribution is 5.90. The van der Waals surface area contributed by atoms with Crippen LogP contribution in [0, 0.1) is 0 Å². The van der Waals surface area contributed by atoms with Crippen molar-refractivity contribution in [3.8, 4) is 0 Å². The van der Waals surface area contributed by atoms with E-state index in [-0.39, 0.29) is 12.4 Å². The highest BCUT2D eigenvalue weighted by atomic mass is 35.5. The Hall–Kier alpha value is -1.37. The first-order valence-electron chi connectivity index (χ1n) is 8.43. The van der Waals surface area contributed by atoms with Gasteiger partial charge < -0.3 is 37.0 Å². The predicted molar refractivity (Wildman–Crippen MR) is 106 cm³/mol. The van der Waals surface area contributed by atoms with Gasteiger partial charge in [0.15, 0.2) is 0 Å². The van der Waals surface area contributed by atoms with Gasteiger partial charge in [-0.3, -0.25) is 4.79 Å². The summed E-state index contributed by atoms with van der Waals surface area (Å²) in [4.78, 5) is 19.0. The number of halogens is 1. The average molecular weight is 396 g/mol. The molecule has 6 nitrogen and oxygen atoms in total. The van der Waals surface area contributed by atoms with Crippen molar-refractivity contribution in [2.24, 2.45) is 5.73 Å². The zero-order valence-electron chi connectivity index (χ0n) is 18.4. The van der Waals surface area contributed by atoms with Crippen molar-refractivity contribution in [2.75, 3.05) is 55.4 Å². The number of carboxylic acids is 1. The van der Waals surface area contributed by atoms with Gasteiger partial charge >= 0.3 is 0 Å². The third-order valence-corrected chi connectivity index (χ3v) is 2.38. The van der Waals surface area contributed by atoms with Gasteiger partial charge in [0.25, 0.3) is 0 Å². The number of nitrogens with zero attached hydrogens (tertiary/aromatic N) is 2. The fraction of sp³-hybridized carbons (Fsp3) is 0.684. The van der Waals surface area contributed by atoms with Crippen molar-refractivity contribution in [3.05, 3.63) is 24.8 Å². The molecule has 0 spiro atoms. The minimum absolute atomic E-state index is 0. The number of carboxylic acid groups (broad SMARTS) is 1. The van der Waals surface area contributed by atoms with Gasteiger partial charge in [-0.1, -0.05) is 27.0 Å². The van der Waals surface area contributed by atoms with Crippen LogP contribution in [-0.2, 0) is 9.59 Å². The van der Waals surface area contributed by atoms with E-state index in [1.807, 2.05) is 0 Å². The van der Waals surface area contributed by atoms with E-state index in [1.165, 1.54) is 25.9 Å². The first-order chi connectivity index (χ1) is 11.0. The Bertz CT molecular complexity index is 356. The second-order valence-electron chi connectivity index (χ2n) is 7.70. The van der Waals surface area contributed by atoms with Crippen LogP contribution in [0.3, 0.4) is 0 Å². The Morgan fingerprint density at radius 2 is 1.15 bits per heavy atom. The summed E-state index contributed by atoms with van der Waals surface area (Å²) in [6.07, 6.45) is 3.28. The fourth-order valence-electron chi connectivity index (χ4n) is 1.34. The standard InChI is InChI=1S/2C6H16N.C4H7NO.C3H4O2.ClH/c2*1-5-6-7(2,3)4;1-3(2)4(5)6;1-2-3(4)5;/h2*5-6H2,1-4H3;1H2,2H3,(H2,5,6);2H,1H2,(H,4,5);1H/q2*+1;;;/p-2. The molecular formula is C19H42ClN3O3. The number of carbonyl (C=O) groups excluding carboxylic acids is 2. The van der Waals surface area contributed by atoms with Crippen LogP contribution in [0.25, 0.3) is 0 Å². The van der Waals surface area contributed by atoms with E-state index in [0.717, 1.165) is 15.0 Å². The molecule has 0 aliphatic carbocycles. The molecule has 0 radical (unpaired) electrons. The van der Waals surface area contributed by atoms with Crippen molar-refractivity contribution >= 4 is 11.9 Å². The molecule has 0 saturated heterocycles. The summed E-state index contributed by atoms with van der Waals surface area (Å²) in [6.45, 7) is 14.7. The number of nitrogens with two attached hydrogens (primary N) is 1. The lowest BCUT2D eigenvalue weighted by Crippen LogP contribution is -3.00. The van der Waals surface area contributed by atoms with Crippen LogP contribution < -0.4 is 23.2 Å². The van der Waals surface area contributed by atoms with Crippen LogP contribution in [0.2, 0.25) is 0 Å². The number of carbonyl (C=O) groups is 2. The summed E-state index contributed by atoms with van der Waals surface area (Å²) in [5.74, 6) is -1.67. The number of amides is 1. The highest BCUT2D eigenvalue weighted by Gasteiger charge is 2.01. The number of primary amides is 1. The van der Waals surface area contributed by atoms with Crippen molar-refractivity contribution < 1.29 is 36.1 Å². The molecule has 1 amide bonds. The number of aliphatic carboxylic acids is 1. The van der Waals surface area contributed by atoms with E-state index in [4.69, 9.17) is 15.6 Å². The molecule has 0 saturated carbocycles. The number of quaternary nitrogens is 2. The van der Waals surface area contributed by atoms with Gasteiger partial charge in [0.2, 0.25) is 5.91 Å². The minimum atomic E-state index is -1.23. The van der Waals surface area contributed by atoms with Gasteiger partial charge in [0, 0.05) is 5.57 Å². The van der Waals surface area contributed by atoms with Crippen molar-refractivity contribution in [1.29, 1.82) is 0 Å². The first-order valence-corrected chi connectivity index (χ1v) is 8.43. The van der Waals surface area contributed by atoms with E-state index in [0.29, 0.717) is 5.57 Å². The molecule has 7 heteroatoms. The Morgan fingerprint density at radius 3 is 1.15 bits per heavy atom. The van der Waals surface area contributed by atoms with Crippen molar-refractivity contribution in [2.45, 2.75) is 33.6 Å². The summed E-state index contributed by atoms with van der Waals surface area (Å²) < 4.78 is 2.19. The minimum Gasteiger partial charge on any atom is -1.00 e. The molecule has 0 heterocycles. The molecule has 0 unspecified atom stereocenters. The zero-order chi connectivity index (χ0) is 21.3. The third kappa shape index (κ3) is 66.4. The fourth-order valence-corrected chi connectivity index (χ4v) is 1.34. The van der Waals surface area contributed by atoms with Gasteiger partial charge in [0.1, 0.15) is 0 Å². The molecule has 2 N–H and O–H groups in total. The smallest absolute Gasteiger partial charge is 0.243 e. The van der Waals surface area contributed by atoms with Crippen LogP contribution >= 0.6 is 0 Å². The van der Waals surface area contributed by atoms with Gasteiger partial charge in [-0.05, 0) is 25.8 Å². The topological polar surface area (TPSA) is 83.2 Å². The summed E-state index contributed by atoms with van der Waals surface area (Å²) in [5, 5.41) is 9.14. The van der Waals surface area contributed by atoms with Gasteiger partial charge in [-0.25, -0.2) is 0 Å². The molecular weight excluding hydrogens is 354 g/mol. The Morgan fingerprint density at radius 1 is 0.962 bits per heavy atom. The number of rotatable bonds is 6. The molecule has 0 aliphatic rings. The quantitative estimate of drug-likeness (QED) is 0.424.